The highest BCUT2D eigenvalue weighted by molar-refractivity contribution is 5.90. The second kappa shape index (κ2) is 19.6. The summed E-state index contributed by atoms with van der Waals surface area (Å²) < 4.78 is 289. The van der Waals surface area contributed by atoms with E-state index in [9.17, 15) is 107 Å². The van der Waals surface area contributed by atoms with Crippen LogP contribution in [-0.4, -0.2) is 83.9 Å². The first-order valence-corrected chi connectivity index (χ1v) is 17.4. The standard InChI is InChI=1S/C35H31F21N2O5/c36-26(37,27(38,39)28(40,41)29(42,43)30(44,45)31(46,47)32(48,49)33(50,51)34(52,53)35(54,55)56)16-17-62-25(61)18-20-12-14-22(15-13-20)57-23(59)10-6-1-2-7-11-24(60)58-63-19-21-8-4-3-5-9-21/h3-5,8-9,12-15H,1-2,6-7,10-11,16-19H2,(H,57,59)(H,58,60). The Kier molecular flexibility index (Phi) is 17.0. The quantitative estimate of drug-likeness (QED) is 0.0473. The number of carbonyl (C=O) groups excluding carboxylic acids is 3. The molecule has 0 aromatic heterocycles. The molecule has 0 aliphatic carbocycles. The molecule has 0 spiro atoms. The predicted molar refractivity (Wildman–Crippen MR) is 172 cm³/mol. The highest BCUT2D eigenvalue weighted by Crippen LogP contribution is 2.66. The molecule has 7 nitrogen and oxygen atoms in total. The molecule has 2 rings (SSSR count). The lowest BCUT2D eigenvalue weighted by Gasteiger charge is -2.44. The smallest absolute Gasteiger partial charge is 0.460 e. The molecule has 28 heteroatoms. The van der Waals surface area contributed by atoms with Crippen molar-refractivity contribution in [3.8, 4) is 0 Å². The molecular weight excluding hydrogens is 927 g/mol. The van der Waals surface area contributed by atoms with Gasteiger partial charge in [0, 0.05) is 18.5 Å². The summed E-state index contributed by atoms with van der Waals surface area (Å²) in [6, 6.07) is 13.5. The van der Waals surface area contributed by atoms with Gasteiger partial charge in [-0.15, -0.1) is 0 Å². The Hall–Kier alpha value is -4.66. The lowest BCUT2D eigenvalue weighted by molar-refractivity contribution is -0.474. The van der Waals surface area contributed by atoms with E-state index in [1.54, 1.807) is 24.3 Å². The van der Waals surface area contributed by atoms with Crippen LogP contribution in [0.2, 0.25) is 0 Å². The summed E-state index contributed by atoms with van der Waals surface area (Å²) >= 11 is 0. The molecule has 0 aliphatic heterocycles. The van der Waals surface area contributed by atoms with Gasteiger partial charge in [-0.25, -0.2) is 5.48 Å². The van der Waals surface area contributed by atoms with Crippen LogP contribution in [0.3, 0.4) is 0 Å². The van der Waals surface area contributed by atoms with Crippen LogP contribution in [-0.2, 0) is 37.0 Å². The molecule has 2 amide bonds. The first kappa shape index (κ1) is 54.5. The van der Waals surface area contributed by atoms with Crippen molar-refractivity contribution in [1.82, 2.24) is 5.48 Å². The third-order valence-electron chi connectivity index (χ3n) is 8.67. The number of rotatable bonds is 24. The summed E-state index contributed by atoms with van der Waals surface area (Å²) in [4.78, 5) is 41.1. The van der Waals surface area contributed by atoms with E-state index in [2.05, 4.69) is 15.5 Å². The molecule has 0 unspecified atom stereocenters. The number of unbranched alkanes of at least 4 members (excludes halogenated alkanes) is 3. The van der Waals surface area contributed by atoms with Crippen LogP contribution in [0, 0.1) is 0 Å². The molecule has 0 fully saturated rings. The molecule has 358 valence electrons. The molecule has 0 saturated carbocycles. The van der Waals surface area contributed by atoms with Crippen LogP contribution in [0.15, 0.2) is 54.6 Å². The molecule has 2 N–H and O–H groups in total. The number of amides is 2. The molecule has 0 radical (unpaired) electrons. The fourth-order valence-electron chi connectivity index (χ4n) is 4.94. The normalized spacial score (nSPS) is 14.0. The average molecular weight is 959 g/mol. The van der Waals surface area contributed by atoms with E-state index in [0.717, 1.165) is 17.7 Å². The summed E-state index contributed by atoms with van der Waals surface area (Å²) in [6.45, 7) is -2.03. The van der Waals surface area contributed by atoms with Gasteiger partial charge in [0.2, 0.25) is 11.8 Å². The van der Waals surface area contributed by atoms with Crippen LogP contribution < -0.4 is 10.8 Å². The molecule has 2 aromatic rings. The number of esters is 1. The molecular formula is C35H31F21N2O5. The third-order valence-corrected chi connectivity index (χ3v) is 8.67. The fraction of sp³-hybridized carbons (Fsp3) is 0.571. The maximum Gasteiger partial charge on any atom is 0.460 e. The van der Waals surface area contributed by atoms with Gasteiger partial charge in [0.1, 0.15) is 0 Å². The van der Waals surface area contributed by atoms with Crippen molar-refractivity contribution in [1.29, 1.82) is 0 Å². The monoisotopic (exact) mass is 958 g/mol. The topological polar surface area (TPSA) is 93.7 Å². The highest BCUT2D eigenvalue weighted by Gasteiger charge is 2.97. The van der Waals surface area contributed by atoms with Crippen molar-refractivity contribution in [2.45, 2.75) is 117 Å². The summed E-state index contributed by atoms with van der Waals surface area (Å²) in [5.41, 5.74) is 3.18. The van der Waals surface area contributed by atoms with Crippen molar-refractivity contribution in [2.24, 2.45) is 0 Å². The first-order valence-electron chi connectivity index (χ1n) is 17.4. The maximum absolute atomic E-state index is 14.2. The van der Waals surface area contributed by atoms with Gasteiger partial charge in [0.15, 0.2) is 0 Å². The molecule has 63 heavy (non-hydrogen) atoms. The minimum absolute atomic E-state index is 0.0182. The molecule has 0 bridgehead atoms. The number of hydroxylamine groups is 1. The van der Waals surface area contributed by atoms with Crippen molar-refractivity contribution in [2.75, 3.05) is 11.9 Å². The van der Waals surface area contributed by atoms with Gasteiger partial charge in [-0.05, 0) is 36.1 Å². The largest absolute Gasteiger partial charge is 0.465 e. The number of nitrogens with one attached hydrogen (secondary N) is 2. The van der Waals surface area contributed by atoms with Crippen LogP contribution in [0.25, 0.3) is 0 Å². The van der Waals surface area contributed by atoms with E-state index in [0.29, 0.717) is 25.7 Å². The Bertz CT molecular complexity index is 1840. The number of alkyl halides is 21. The number of ether oxygens (including phenoxy) is 1. The second-order valence-corrected chi connectivity index (χ2v) is 13.4. The Morgan fingerprint density at radius 2 is 0.905 bits per heavy atom. The van der Waals surface area contributed by atoms with Gasteiger partial charge in [0.25, 0.3) is 0 Å². The van der Waals surface area contributed by atoms with Gasteiger partial charge in [0.05, 0.1) is 26.1 Å². The SMILES string of the molecule is O=C(CCCCCCC(=O)Nc1ccc(CC(=O)OCCC(F)(F)C(F)(F)C(F)(F)C(F)(F)C(F)(F)C(F)(F)C(F)(F)C(F)(F)C(F)(F)C(F)(F)F)cc1)NOCc1ccccc1. The number of benzene rings is 2. The Morgan fingerprint density at radius 1 is 0.476 bits per heavy atom. The number of halogens is 21. The van der Waals surface area contributed by atoms with E-state index in [1.807, 2.05) is 6.07 Å². The maximum atomic E-state index is 14.2. The minimum atomic E-state index is -9.27. The fourth-order valence-corrected chi connectivity index (χ4v) is 4.94. The lowest BCUT2D eigenvalue weighted by atomic mass is 9.86. The van der Waals surface area contributed by atoms with Gasteiger partial charge in [-0.3, -0.25) is 19.2 Å². The first-order chi connectivity index (χ1) is 28.5. The third kappa shape index (κ3) is 11.4. The molecule has 0 saturated heterocycles. The van der Waals surface area contributed by atoms with Crippen LogP contribution >= 0.6 is 0 Å². The number of carbonyl (C=O) groups is 3. The van der Waals surface area contributed by atoms with E-state index < -0.39 is 90.8 Å². The zero-order valence-electron chi connectivity index (χ0n) is 31.2. The predicted octanol–water partition coefficient (Wildman–Crippen LogP) is 11.0. The molecule has 0 heterocycles. The zero-order chi connectivity index (χ0) is 48.7. The Morgan fingerprint density at radius 3 is 1.37 bits per heavy atom. The van der Waals surface area contributed by atoms with Gasteiger partial charge >= 0.3 is 65.4 Å². The van der Waals surface area contributed by atoms with Gasteiger partial charge < -0.3 is 10.1 Å². The highest BCUT2D eigenvalue weighted by atomic mass is 19.4. The van der Waals surface area contributed by atoms with Gasteiger partial charge in [-0.2, -0.15) is 92.2 Å². The van der Waals surface area contributed by atoms with E-state index in [1.165, 1.54) is 12.1 Å². The second-order valence-electron chi connectivity index (χ2n) is 13.4. The van der Waals surface area contributed by atoms with Crippen LogP contribution in [0.4, 0.5) is 97.9 Å². The summed E-state index contributed by atoms with van der Waals surface area (Å²) in [7, 11) is 0. The molecule has 0 atom stereocenters. The van der Waals surface area contributed by atoms with Crippen LogP contribution in [0.5, 0.6) is 0 Å². The number of hydrogen-bond donors (Lipinski definition) is 2. The van der Waals surface area contributed by atoms with Gasteiger partial charge in [-0.1, -0.05) is 55.3 Å². The Balaban J connectivity index is 1.93. The van der Waals surface area contributed by atoms with Crippen molar-refractivity contribution in [3.63, 3.8) is 0 Å². The van der Waals surface area contributed by atoms with Crippen molar-refractivity contribution < 1.29 is 116 Å². The van der Waals surface area contributed by atoms with E-state index in [4.69, 9.17) is 4.84 Å². The van der Waals surface area contributed by atoms with Crippen molar-refractivity contribution in [3.05, 3.63) is 65.7 Å². The minimum Gasteiger partial charge on any atom is -0.465 e. The zero-order valence-corrected chi connectivity index (χ0v) is 31.2. The summed E-state index contributed by atoms with van der Waals surface area (Å²) in [5.74, 6) is -80.5. The lowest BCUT2D eigenvalue weighted by Crippen LogP contribution is -2.76. The number of anilines is 1. The molecule has 0 aliphatic rings. The van der Waals surface area contributed by atoms with E-state index >= 15 is 0 Å². The van der Waals surface area contributed by atoms with Crippen molar-refractivity contribution >= 4 is 23.5 Å². The summed E-state index contributed by atoms with van der Waals surface area (Å²) in [6.07, 6.45) is -9.92. The van der Waals surface area contributed by atoms with E-state index in [-0.39, 0.29) is 36.6 Å². The number of hydrogen-bond acceptors (Lipinski definition) is 5. The summed E-state index contributed by atoms with van der Waals surface area (Å²) in [5, 5.41) is 2.46. The average Bonchev–Trinajstić information content (AvgIpc) is 3.16. The Labute approximate surface area is 340 Å². The van der Waals surface area contributed by atoms with Crippen LogP contribution in [0.1, 0.15) is 56.1 Å². The molecule has 2 aromatic carbocycles.